The zero-order valence-electron chi connectivity index (χ0n) is 17.3. The first-order valence-corrected chi connectivity index (χ1v) is 10.0. The first-order chi connectivity index (χ1) is 12.7. The molecule has 0 heterocycles. The summed E-state index contributed by atoms with van der Waals surface area (Å²) in [5.74, 6) is -0.981. The molecule has 0 aromatic rings. The summed E-state index contributed by atoms with van der Waals surface area (Å²) >= 11 is 0. The summed E-state index contributed by atoms with van der Waals surface area (Å²) in [6, 6.07) is -1.25. The summed E-state index contributed by atoms with van der Waals surface area (Å²) in [7, 11) is 0. The highest BCUT2D eigenvalue weighted by molar-refractivity contribution is 5.96. The molecule has 2 atom stereocenters. The van der Waals surface area contributed by atoms with E-state index in [1.54, 1.807) is 13.8 Å². The van der Waals surface area contributed by atoms with E-state index in [1.165, 1.54) is 0 Å². The molecule has 2 amide bonds. The summed E-state index contributed by atoms with van der Waals surface area (Å²) in [6.45, 7) is 7.50. The lowest BCUT2D eigenvalue weighted by Crippen LogP contribution is -2.60. The molecule has 27 heavy (non-hydrogen) atoms. The number of hydrogen-bond donors (Lipinski definition) is 3. The van der Waals surface area contributed by atoms with Crippen LogP contribution in [0.5, 0.6) is 0 Å². The fraction of sp³-hybridized carbons (Fsp3) is 0.800. The number of unbranched alkanes of at least 4 members (excludes halogenated alkanes) is 3. The molecule has 0 aliphatic carbocycles. The zero-order valence-corrected chi connectivity index (χ0v) is 17.3. The molecule has 0 rings (SSSR count). The first-order valence-electron chi connectivity index (χ1n) is 10.0. The number of carbonyl (C=O) groups is 4. The number of amides is 2. The number of nitrogens with one attached hydrogen (secondary N) is 2. The van der Waals surface area contributed by atoms with Crippen LogP contribution in [0.25, 0.3) is 0 Å². The van der Waals surface area contributed by atoms with Crippen LogP contribution >= 0.6 is 0 Å². The highest BCUT2D eigenvalue weighted by Crippen LogP contribution is 2.15. The number of ketones is 1. The van der Waals surface area contributed by atoms with Gasteiger partial charge in [0.2, 0.25) is 11.8 Å². The topological polar surface area (TPSA) is 118 Å². The Balaban J connectivity index is 5.12. The van der Waals surface area contributed by atoms with E-state index in [0.717, 1.165) is 32.1 Å². The lowest BCUT2D eigenvalue weighted by atomic mass is 9.89. The van der Waals surface area contributed by atoms with E-state index >= 15 is 0 Å². The van der Waals surface area contributed by atoms with Crippen molar-refractivity contribution in [2.24, 2.45) is 5.73 Å². The molecule has 0 aliphatic rings. The maximum absolute atomic E-state index is 13.1. The minimum absolute atomic E-state index is 0.0637. The lowest BCUT2D eigenvalue weighted by Gasteiger charge is -2.33. The van der Waals surface area contributed by atoms with Crippen molar-refractivity contribution in [1.82, 2.24) is 10.6 Å². The summed E-state index contributed by atoms with van der Waals surface area (Å²) in [4.78, 5) is 47.3. The molecular weight excluding hydrogens is 346 g/mol. The third kappa shape index (κ3) is 10.2. The number of primary amides is 1. The van der Waals surface area contributed by atoms with Gasteiger partial charge in [-0.05, 0) is 26.7 Å². The molecule has 0 fully saturated rings. The Morgan fingerprint density at radius 3 is 2.11 bits per heavy atom. The van der Waals surface area contributed by atoms with Crippen molar-refractivity contribution in [3.05, 3.63) is 0 Å². The van der Waals surface area contributed by atoms with Crippen LogP contribution in [0.15, 0.2) is 0 Å². The number of Topliss-reactive ketones (excluding diaryl/α,β-unsaturated/α-hetero) is 1. The molecule has 0 spiro atoms. The molecule has 0 saturated heterocycles. The Labute approximate surface area is 163 Å². The van der Waals surface area contributed by atoms with Crippen LogP contribution in [0.1, 0.15) is 85.5 Å². The Hall–Kier alpha value is -1.76. The second-order valence-corrected chi connectivity index (χ2v) is 7.55. The van der Waals surface area contributed by atoms with Crippen molar-refractivity contribution in [1.29, 1.82) is 0 Å². The van der Waals surface area contributed by atoms with Gasteiger partial charge in [-0.2, -0.15) is 0 Å². The fourth-order valence-corrected chi connectivity index (χ4v) is 2.96. The van der Waals surface area contributed by atoms with Crippen LogP contribution in [0.3, 0.4) is 0 Å². The molecule has 0 radical (unpaired) electrons. The zero-order chi connectivity index (χ0) is 20.9. The monoisotopic (exact) mass is 383 g/mol. The summed E-state index contributed by atoms with van der Waals surface area (Å²) in [5.41, 5.74) is 4.49. The van der Waals surface area contributed by atoms with Crippen molar-refractivity contribution in [2.45, 2.75) is 103 Å². The maximum atomic E-state index is 13.1. The van der Waals surface area contributed by atoms with Crippen LogP contribution < -0.4 is 16.4 Å². The second-order valence-electron chi connectivity index (χ2n) is 7.55. The second kappa shape index (κ2) is 13.4. The van der Waals surface area contributed by atoms with Crippen LogP contribution in [-0.4, -0.2) is 41.5 Å². The minimum Gasteiger partial charge on any atom is -0.368 e. The third-order valence-electron chi connectivity index (χ3n) is 4.58. The number of hydrogen-bond acceptors (Lipinski definition) is 5. The average Bonchev–Trinajstić information content (AvgIpc) is 2.61. The Kier molecular flexibility index (Phi) is 12.5. The molecule has 0 saturated carbocycles. The van der Waals surface area contributed by atoms with Crippen LogP contribution in [-0.2, 0) is 19.2 Å². The maximum Gasteiger partial charge on any atom is 0.234 e. The highest BCUT2D eigenvalue weighted by atomic mass is 16.2. The van der Waals surface area contributed by atoms with Gasteiger partial charge in [-0.25, -0.2) is 0 Å². The van der Waals surface area contributed by atoms with E-state index < -0.39 is 23.5 Å². The number of rotatable bonds is 16. The molecule has 2 unspecified atom stereocenters. The van der Waals surface area contributed by atoms with Crippen molar-refractivity contribution in [2.75, 3.05) is 0 Å². The molecule has 4 N–H and O–H groups in total. The SMILES string of the molecule is CCCCCC(NC(C)(C)C(=O)C(CCCC)NC(=O)CCC=O)C(N)=O. The van der Waals surface area contributed by atoms with E-state index in [-0.39, 0.29) is 24.5 Å². The van der Waals surface area contributed by atoms with E-state index in [2.05, 4.69) is 17.6 Å². The molecule has 7 nitrogen and oxygen atoms in total. The van der Waals surface area contributed by atoms with Gasteiger partial charge < -0.3 is 15.8 Å². The molecule has 156 valence electrons. The molecular formula is C20H37N3O4. The van der Waals surface area contributed by atoms with Crippen molar-refractivity contribution in [3.8, 4) is 0 Å². The van der Waals surface area contributed by atoms with Crippen LogP contribution in [0.2, 0.25) is 0 Å². The molecule has 0 bridgehead atoms. The van der Waals surface area contributed by atoms with Crippen molar-refractivity contribution in [3.63, 3.8) is 0 Å². The lowest BCUT2D eigenvalue weighted by molar-refractivity contribution is -0.132. The predicted molar refractivity (Wildman–Crippen MR) is 106 cm³/mol. The van der Waals surface area contributed by atoms with E-state index in [4.69, 9.17) is 5.73 Å². The van der Waals surface area contributed by atoms with Gasteiger partial charge in [0, 0.05) is 12.8 Å². The van der Waals surface area contributed by atoms with Crippen molar-refractivity contribution >= 4 is 23.9 Å². The van der Waals surface area contributed by atoms with Gasteiger partial charge in [-0.1, -0.05) is 46.0 Å². The van der Waals surface area contributed by atoms with Crippen molar-refractivity contribution < 1.29 is 19.2 Å². The molecule has 7 heteroatoms. The van der Waals surface area contributed by atoms with Gasteiger partial charge in [0.1, 0.15) is 6.29 Å². The molecule has 0 aromatic heterocycles. The first kappa shape index (κ1) is 25.2. The number of aldehydes is 1. The summed E-state index contributed by atoms with van der Waals surface area (Å²) in [5, 5.41) is 5.84. The Bertz CT molecular complexity index is 492. The summed E-state index contributed by atoms with van der Waals surface area (Å²) < 4.78 is 0. The van der Waals surface area contributed by atoms with Gasteiger partial charge in [-0.3, -0.25) is 19.7 Å². The van der Waals surface area contributed by atoms with Gasteiger partial charge in [0.05, 0.1) is 17.6 Å². The van der Waals surface area contributed by atoms with Gasteiger partial charge in [0.25, 0.3) is 0 Å². The smallest absolute Gasteiger partial charge is 0.234 e. The summed E-state index contributed by atoms with van der Waals surface area (Å²) in [6.07, 6.45) is 6.52. The van der Waals surface area contributed by atoms with Gasteiger partial charge >= 0.3 is 0 Å². The normalized spacial score (nSPS) is 13.6. The Morgan fingerprint density at radius 2 is 1.59 bits per heavy atom. The predicted octanol–water partition coefficient (Wildman–Crippen LogP) is 2.01. The van der Waals surface area contributed by atoms with E-state index in [0.29, 0.717) is 19.1 Å². The largest absolute Gasteiger partial charge is 0.368 e. The fourth-order valence-electron chi connectivity index (χ4n) is 2.96. The van der Waals surface area contributed by atoms with Crippen LogP contribution in [0.4, 0.5) is 0 Å². The molecule has 0 aliphatic heterocycles. The third-order valence-corrected chi connectivity index (χ3v) is 4.58. The molecule has 0 aromatic carbocycles. The number of carbonyl (C=O) groups excluding carboxylic acids is 4. The number of nitrogens with two attached hydrogens (primary N) is 1. The average molecular weight is 384 g/mol. The minimum atomic E-state index is -1.01. The van der Waals surface area contributed by atoms with E-state index in [9.17, 15) is 19.2 Å². The van der Waals surface area contributed by atoms with E-state index in [1.807, 2.05) is 6.92 Å². The quantitative estimate of drug-likeness (QED) is 0.278. The highest BCUT2D eigenvalue weighted by Gasteiger charge is 2.36. The van der Waals surface area contributed by atoms with Crippen LogP contribution in [0, 0.1) is 0 Å². The Morgan fingerprint density at radius 1 is 1.00 bits per heavy atom. The van der Waals surface area contributed by atoms with Gasteiger partial charge in [0.15, 0.2) is 5.78 Å². The van der Waals surface area contributed by atoms with Gasteiger partial charge in [-0.15, -0.1) is 0 Å². The standard InChI is InChI=1S/C20H37N3O4/c1-5-7-9-12-16(19(21)27)23-20(3,4)18(26)15(11-8-6-2)22-17(25)13-10-14-24/h14-16,23H,5-13H2,1-4H3,(H2,21,27)(H,22,25).